The smallest absolute Gasteiger partial charge is 0.371 e. The Labute approximate surface area is 116 Å². The van der Waals surface area contributed by atoms with Crippen molar-refractivity contribution in [2.24, 2.45) is 0 Å². The maximum Gasteiger partial charge on any atom is 0.371 e. The molecule has 2 rings (SSSR count). The fourth-order valence-electron chi connectivity index (χ4n) is 2.06. The minimum absolute atomic E-state index is 0.0459. The third kappa shape index (κ3) is 3.11. The van der Waals surface area contributed by atoms with Crippen LogP contribution in [0, 0.1) is 0 Å². The van der Waals surface area contributed by atoms with E-state index in [2.05, 4.69) is 10.6 Å². The molecule has 2 amide bonds. The highest BCUT2D eigenvalue weighted by atomic mass is 16.5. The molecule has 110 valence electrons. The lowest BCUT2D eigenvalue weighted by Crippen LogP contribution is -2.53. The Morgan fingerprint density at radius 1 is 1.50 bits per heavy atom. The number of nitrogens with one attached hydrogen (secondary N) is 2. The van der Waals surface area contributed by atoms with Gasteiger partial charge in [0.2, 0.25) is 5.76 Å². The van der Waals surface area contributed by atoms with Crippen molar-refractivity contribution in [3.05, 3.63) is 23.7 Å². The van der Waals surface area contributed by atoms with Crippen molar-refractivity contribution in [2.75, 3.05) is 6.61 Å². The van der Waals surface area contributed by atoms with Crippen molar-refractivity contribution in [1.82, 2.24) is 10.6 Å². The van der Waals surface area contributed by atoms with E-state index in [1.54, 1.807) is 0 Å². The Morgan fingerprint density at radius 2 is 2.25 bits per heavy atom. The van der Waals surface area contributed by atoms with Crippen LogP contribution in [0.25, 0.3) is 0 Å². The van der Waals surface area contributed by atoms with Gasteiger partial charge >= 0.3 is 12.0 Å². The molecule has 2 atom stereocenters. The zero-order valence-corrected chi connectivity index (χ0v) is 11.4. The first-order chi connectivity index (χ1) is 9.40. The average molecular weight is 282 g/mol. The van der Waals surface area contributed by atoms with Crippen molar-refractivity contribution in [3.8, 4) is 0 Å². The number of ether oxygens (including phenoxy) is 1. The zero-order chi connectivity index (χ0) is 14.8. The fourth-order valence-corrected chi connectivity index (χ4v) is 2.06. The first kappa shape index (κ1) is 14.4. The molecule has 0 spiro atoms. The number of hydrogen-bond donors (Lipinski definition) is 3. The Hall–Kier alpha value is -2.02. The summed E-state index contributed by atoms with van der Waals surface area (Å²) in [6.07, 6.45) is 0.710. The molecule has 1 saturated heterocycles. The Bertz CT molecular complexity index is 513. The molecular weight excluding hydrogens is 264 g/mol. The molecule has 3 N–H and O–H groups in total. The summed E-state index contributed by atoms with van der Waals surface area (Å²) in [6.45, 7) is 4.60. The summed E-state index contributed by atoms with van der Waals surface area (Å²) in [5, 5.41) is 14.2. The summed E-state index contributed by atoms with van der Waals surface area (Å²) in [4.78, 5) is 22.5. The van der Waals surface area contributed by atoms with E-state index in [9.17, 15) is 9.59 Å². The van der Waals surface area contributed by atoms with Crippen LogP contribution in [0.5, 0.6) is 0 Å². The van der Waals surface area contributed by atoms with E-state index in [1.807, 2.05) is 13.8 Å². The van der Waals surface area contributed by atoms with E-state index in [1.165, 1.54) is 12.1 Å². The van der Waals surface area contributed by atoms with E-state index in [0.29, 0.717) is 12.4 Å². The molecule has 0 aliphatic carbocycles. The van der Waals surface area contributed by atoms with E-state index in [-0.39, 0.29) is 30.0 Å². The van der Waals surface area contributed by atoms with Crippen molar-refractivity contribution in [1.29, 1.82) is 0 Å². The van der Waals surface area contributed by atoms with Gasteiger partial charge in [-0.1, -0.05) is 0 Å². The number of rotatable bonds is 4. The quantitative estimate of drug-likeness (QED) is 0.773. The summed E-state index contributed by atoms with van der Waals surface area (Å²) >= 11 is 0. The second-order valence-corrected chi connectivity index (χ2v) is 5.06. The van der Waals surface area contributed by atoms with Gasteiger partial charge in [-0.15, -0.1) is 0 Å². The summed E-state index contributed by atoms with van der Waals surface area (Å²) in [7, 11) is 0. The van der Waals surface area contributed by atoms with Crippen LogP contribution in [-0.2, 0) is 11.3 Å². The predicted molar refractivity (Wildman–Crippen MR) is 69.5 cm³/mol. The van der Waals surface area contributed by atoms with Crippen LogP contribution in [0.2, 0.25) is 0 Å². The minimum atomic E-state index is -1.13. The molecule has 0 saturated carbocycles. The minimum Gasteiger partial charge on any atom is -0.475 e. The molecule has 0 aromatic carbocycles. The first-order valence-electron chi connectivity index (χ1n) is 6.40. The van der Waals surface area contributed by atoms with Gasteiger partial charge in [0.25, 0.3) is 0 Å². The maximum absolute atomic E-state index is 11.8. The molecule has 1 fully saturated rings. The van der Waals surface area contributed by atoms with Gasteiger partial charge in [0.1, 0.15) is 5.76 Å². The highest BCUT2D eigenvalue weighted by molar-refractivity contribution is 5.84. The summed E-state index contributed by atoms with van der Waals surface area (Å²) in [6, 6.07) is 2.54. The highest BCUT2D eigenvalue weighted by Crippen LogP contribution is 2.24. The first-order valence-corrected chi connectivity index (χ1v) is 6.40. The van der Waals surface area contributed by atoms with Gasteiger partial charge in [0.15, 0.2) is 0 Å². The fraction of sp³-hybridized carbons (Fsp3) is 0.538. The normalized spacial score (nSPS) is 25.4. The van der Waals surface area contributed by atoms with E-state index < -0.39 is 5.97 Å². The molecule has 0 bridgehead atoms. The Kier molecular flexibility index (Phi) is 3.99. The van der Waals surface area contributed by atoms with Crippen LogP contribution in [0.1, 0.15) is 36.6 Å². The van der Waals surface area contributed by atoms with Gasteiger partial charge in [-0.05, 0) is 32.4 Å². The van der Waals surface area contributed by atoms with Gasteiger partial charge in [-0.2, -0.15) is 0 Å². The molecule has 7 nitrogen and oxygen atoms in total. The molecule has 1 aliphatic heterocycles. The zero-order valence-electron chi connectivity index (χ0n) is 11.4. The van der Waals surface area contributed by atoms with Crippen molar-refractivity contribution in [2.45, 2.75) is 38.5 Å². The lowest BCUT2D eigenvalue weighted by molar-refractivity contribution is 0.0660. The molecule has 2 unspecified atom stereocenters. The van der Waals surface area contributed by atoms with Crippen LogP contribution in [0.3, 0.4) is 0 Å². The maximum atomic E-state index is 11.8. The topological polar surface area (TPSA) is 101 Å². The van der Waals surface area contributed by atoms with Crippen molar-refractivity contribution < 1.29 is 23.8 Å². The van der Waals surface area contributed by atoms with Gasteiger partial charge in [-0.25, -0.2) is 9.59 Å². The van der Waals surface area contributed by atoms with Crippen LogP contribution < -0.4 is 10.6 Å². The molecule has 1 aromatic rings. The monoisotopic (exact) mass is 282 g/mol. The number of aromatic carboxylic acids is 1. The molecule has 7 heteroatoms. The van der Waals surface area contributed by atoms with E-state index in [0.717, 1.165) is 6.42 Å². The summed E-state index contributed by atoms with van der Waals surface area (Å²) in [5.41, 5.74) is -0.389. The number of carbonyl (C=O) groups is 2. The highest BCUT2D eigenvalue weighted by Gasteiger charge is 2.38. The SMILES string of the molecule is CC1OCCC1(C)NC(=O)NCc1ccc(C(=O)O)o1. The van der Waals surface area contributed by atoms with Crippen molar-refractivity contribution in [3.63, 3.8) is 0 Å². The van der Waals surface area contributed by atoms with Gasteiger partial charge in [0.05, 0.1) is 18.2 Å². The van der Waals surface area contributed by atoms with Gasteiger partial charge < -0.3 is 24.9 Å². The molecule has 1 aromatic heterocycles. The third-order valence-corrected chi connectivity index (χ3v) is 3.58. The number of carboxylic acid groups (broad SMARTS) is 1. The van der Waals surface area contributed by atoms with Crippen LogP contribution in [-0.4, -0.2) is 35.4 Å². The van der Waals surface area contributed by atoms with Crippen LogP contribution in [0.4, 0.5) is 4.79 Å². The molecule has 0 radical (unpaired) electrons. The lowest BCUT2D eigenvalue weighted by atomic mass is 9.95. The number of carbonyl (C=O) groups excluding carboxylic acids is 1. The van der Waals surface area contributed by atoms with E-state index in [4.69, 9.17) is 14.3 Å². The van der Waals surface area contributed by atoms with Crippen LogP contribution in [0.15, 0.2) is 16.5 Å². The Morgan fingerprint density at radius 3 is 2.80 bits per heavy atom. The second-order valence-electron chi connectivity index (χ2n) is 5.06. The molecule has 20 heavy (non-hydrogen) atoms. The number of urea groups is 1. The summed E-state index contributed by atoms with van der Waals surface area (Å²) in [5.74, 6) is -0.893. The second kappa shape index (κ2) is 5.54. The largest absolute Gasteiger partial charge is 0.475 e. The number of furan rings is 1. The number of carboxylic acids is 1. The lowest BCUT2D eigenvalue weighted by Gasteiger charge is -2.28. The predicted octanol–water partition coefficient (Wildman–Crippen LogP) is 1.34. The average Bonchev–Trinajstić information content (AvgIpc) is 2.95. The number of hydrogen-bond acceptors (Lipinski definition) is 4. The van der Waals surface area contributed by atoms with Gasteiger partial charge in [-0.3, -0.25) is 0 Å². The number of amides is 2. The molecule has 1 aliphatic rings. The van der Waals surface area contributed by atoms with E-state index >= 15 is 0 Å². The standard InChI is InChI=1S/C13H18N2O5/c1-8-13(2,5-6-19-8)15-12(18)14-7-9-3-4-10(20-9)11(16)17/h3-4,8H,5-7H2,1-2H3,(H,16,17)(H2,14,15,18). The van der Waals surface area contributed by atoms with Crippen molar-refractivity contribution >= 4 is 12.0 Å². The van der Waals surface area contributed by atoms with Gasteiger partial charge in [0, 0.05) is 6.61 Å². The summed E-state index contributed by atoms with van der Waals surface area (Å²) < 4.78 is 10.5. The Balaban J connectivity index is 1.84. The molecular formula is C13H18N2O5. The van der Waals surface area contributed by atoms with Crippen LogP contribution >= 0.6 is 0 Å². The molecule has 2 heterocycles. The third-order valence-electron chi connectivity index (χ3n) is 3.58.